The summed E-state index contributed by atoms with van der Waals surface area (Å²) >= 11 is 1.58. The van der Waals surface area contributed by atoms with Crippen molar-refractivity contribution in [3.8, 4) is 0 Å². The molecule has 1 rings (SSSR count). The monoisotopic (exact) mass is 246 g/mol. The van der Waals surface area contributed by atoms with Crippen LogP contribution in [0.2, 0.25) is 0 Å². The number of sulfone groups is 1. The lowest BCUT2D eigenvalue weighted by molar-refractivity contribution is 0.603. The van der Waals surface area contributed by atoms with Crippen LogP contribution in [0.3, 0.4) is 0 Å². The Morgan fingerprint density at radius 1 is 1.47 bits per heavy atom. The molecule has 0 bridgehead atoms. The van der Waals surface area contributed by atoms with Crippen molar-refractivity contribution in [2.75, 3.05) is 23.5 Å². The number of anilines is 1. The normalized spacial score (nSPS) is 11.5. The van der Waals surface area contributed by atoms with E-state index in [1.165, 1.54) is 6.26 Å². The van der Waals surface area contributed by atoms with Crippen LogP contribution in [0.5, 0.6) is 0 Å². The molecule has 0 spiro atoms. The van der Waals surface area contributed by atoms with Crippen LogP contribution >= 0.6 is 11.8 Å². The van der Waals surface area contributed by atoms with Crippen molar-refractivity contribution >= 4 is 27.4 Å². The van der Waals surface area contributed by atoms with E-state index in [0.29, 0.717) is 11.6 Å². The predicted molar refractivity (Wildman–Crippen MR) is 64.5 cm³/mol. The average Bonchev–Trinajstić information content (AvgIpc) is 2.14. The highest BCUT2D eigenvalue weighted by molar-refractivity contribution is 7.99. The molecule has 2 N–H and O–H groups in total. The third kappa shape index (κ3) is 5.64. The molecule has 0 aromatic carbocycles. The van der Waals surface area contributed by atoms with Crippen molar-refractivity contribution in [3.05, 3.63) is 23.9 Å². The zero-order valence-corrected chi connectivity index (χ0v) is 10.1. The number of hydrogen-bond acceptors (Lipinski definition) is 5. The zero-order chi connectivity index (χ0) is 11.3. The first-order valence-electron chi connectivity index (χ1n) is 4.43. The van der Waals surface area contributed by atoms with Crippen LogP contribution in [0, 0.1) is 0 Å². The van der Waals surface area contributed by atoms with Crippen LogP contribution in [0.15, 0.2) is 18.3 Å². The number of hydrogen-bond donors (Lipinski definition) is 1. The van der Waals surface area contributed by atoms with Gasteiger partial charge in [0.2, 0.25) is 0 Å². The van der Waals surface area contributed by atoms with Crippen molar-refractivity contribution in [2.24, 2.45) is 0 Å². The van der Waals surface area contributed by atoms with Gasteiger partial charge >= 0.3 is 0 Å². The number of pyridine rings is 1. The van der Waals surface area contributed by atoms with Crippen LogP contribution in [0.1, 0.15) is 5.56 Å². The molecule has 1 heterocycles. The highest BCUT2D eigenvalue weighted by Crippen LogP contribution is 2.12. The van der Waals surface area contributed by atoms with E-state index in [-0.39, 0.29) is 5.75 Å². The summed E-state index contributed by atoms with van der Waals surface area (Å²) in [7, 11) is -2.84. The van der Waals surface area contributed by atoms with Crippen molar-refractivity contribution in [1.29, 1.82) is 0 Å². The number of nitrogens with two attached hydrogens (primary N) is 1. The van der Waals surface area contributed by atoms with E-state index in [9.17, 15) is 8.42 Å². The van der Waals surface area contributed by atoms with Gasteiger partial charge in [-0.05, 0) is 11.6 Å². The molecule has 0 saturated carbocycles. The van der Waals surface area contributed by atoms with E-state index >= 15 is 0 Å². The first-order valence-corrected chi connectivity index (χ1v) is 7.65. The average molecular weight is 246 g/mol. The van der Waals surface area contributed by atoms with Crippen LogP contribution in [0.4, 0.5) is 5.82 Å². The van der Waals surface area contributed by atoms with Gasteiger partial charge < -0.3 is 5.73 Å². The van der Waals surface area contributed by atoms with Crippen LogP contribution in [0.25, 0.3) is 0 Å². The maximum Gasteiger partial charge on any atom is 0.148 e. The molecule has 0 radical (unpaired) electrons. The minimum Gasteiger partial charge on any atom is -0.384 e. The smallest absolute Gasteiger partial charge is 0.148 e. The second-order valence-electron chi connectivity index (χ2n) is 3.27. The summed E-state index contributed by atoms with van der Waals surface area (Å²) in [5, 5.41) is 0. The topological polar surface area (TPSA) is 73.0 Å². The summed E-state index contributed by atoms with van der Waals surface area (Å²) in [6.07, 6.45) is 2.96. The Morgan fingerprint density at radius 2 is 2.20 bits per heavy atom. The molecule has 0 fully saturated rings. The maximum absolute atomic E-state index is 10.8. The van der Waals surface area contributed by atoms with Crippen LogP contribution < -0.4 is 5.73 Å². The summed E-state index contributed by atoms with van der Waals surface area (Å²) in [5.74, 6) is 2.10. The van der Waals surface area contributed by atoms with Gasteiger partial charge in [0, 0.05) is 24.0 Å². The van der Waals surface area contributed by atoms with E-state index in [1.54, 1.807) is 24.0 Å². The predicted octanol–water partition coefficient (Wildman–Crippen LogP) is 0.942. The quantitative estimate of drug-likeness (QED) is 0.783. The van der Waals surface area contributed by atoms with E-state index in [1.807, 2.05) is 6.07 Å². The van der Waals surface area contributed by atoms with Crippen molar-refractivity contribution in [3.63, 3.8) is 0 Å². The van der Waals surface area contributed by atoms with Crippen molar-refractivity contribution in [1.82, 2.24) is 4.98 Å². The standard InChI is InChI=1S/C9H14N2O2S2/c1-15(12,13)5-4-14-7-8-2-3-9(10)11-6-8/h2-3,6H,4-5,7H2,1H3,(H2,10,11). The molecular formula is C9H14N2O2S2. The first kappa shape index (κ1) is 12.3. The molecule has 0 amide bonds. The molecule has 15 heavy (non-hydrogen) atoms. The van der Waals surface area contributed by atoms with E-state index in [0.717, 1.165) is 11.3 Å². The maximum atomic E-state index is 10.8. The summed E-state index contributed by atoms with van der Waals surface area (Å²) in [4.78, 5) is 3.95. The Morgan fingerprint density at radius 3 is 2.73 bits per heavy atom. The largest absolute Gasteiger partial charge is 0.384 e. The van der Waals surface area contributed by atoms with Crippen molar-refractivity contribution in [2.45, 2.75) is 5.75 Å². The third-order valence-electron chi connectivity index (χ3n) is 1.71. The van der Waals surface area contributed by atoms with Gasteiger partial charge in [-0.25, -0.2) is 13.4 Å². The van der Waals surface area contributed by atoms with Crippen LogP contribution in [-0.2, 0) is 15.6 Å². The summed E-state index contributed by atoms with van der Waals surface area (Å²) < 4.78 is 21.7. The molecule has 84 valence electrons. The van der Waals surface area contributed by atoms with Gasteiger partial charge in [-0.3, -0.25) is 0 Å². The number of nitrogen functional groups attached to an aromatic ring is 1. The van der Waals surface area contributed by atoms with Gasteiger partial charge in [0.1, 0.15) is 15.7 Å². The highest BCUT2D eigenvalue weighted by Gasteiger charge is 2.01. The molecular weight excluding hydrogens is 232 g/mol. The number of rotatable bonds is 5. The minimum absolute atomic E-state index is 0.222. The molecule has 0 aliphatic carbocycles. The molecule has 0 atom stereocenters. The van der Waals surface area contributed by atoms with Gasteiger partial charge in [0.25, 0.3) is 0 Å². The van der Waals surface area contributed by atoms with Gasteiger partial charge in [-0.1, -0.05) is 6.07 Å². The molecule has 0 saturated heterocycles. The van der Waals surface area contributed by atoms with Gasteiger partial charge in [-0.2, -0.15) is 11.8 Å². The van der Waals surface area contributed by atoms with Gasteiger partial charge in [0.15, 0.2) is 0 Å². The lowest BCUT2D eigenvalue weighted by Gasteiger charge is -2.01. The second kappa shape index (κ2) is 5.37. The first-order chi connectivity index (χ1) is 6.97. The molecule has 0 unspecified atom stereocenters. The Balaban J connectivity index is 2.29. The van der Waals surface area contributed by atoms with Gasteiger partial charge in [0.05, 0.1) is 5.75 Å². The number of nitrogens with zero attached hydrogens (tertiary/aromatic N) is 1. The fraction of sp³-hybridized carbons (Fsp3) is 0.444. The Labute approximate surface area is 94.2 Å². The minimum atomic E-state index is -2.84. The number of thioether (sulfide) groups is 1. The lowest BCUT2D eigenvalue weighted by atomic mass is 10.3. The Bertz CT molecular complexity index is 401. The molecule has 0 aliphatic rings. The molecule has 1 aromatic rings. The second-order valence-corrected chi connectivity index (χ2v) is 6.64. The van der Waals surface area contributed by atoms with E-state index in [4.69, 9.17) is 5.73 Å². The third-order valence-corrected chi connectivity index (χ3v) is 3.95. The van der Waals surface area contributed by atoms with E-state index < -0.39 is 9.84 Å². The SMILES string of the molecule is CS(=O)(=O)CCSCc1ccc(N)nc1. The fourth-order valence-corrected chi connectivity index (χ4v) is 3.15. The molecule has 0 aliphatic heterocycles. The Kier molecular flexibility index (Phi) is 4.41. The number of aromatic nitrogens is 1. The molecule has 1 aromatic heterocycles. The highest BCUT2D eigenvalue weighted by atomic mass is 32.2. The molecule has 4 nitrogen and oxygen atoms in total. The summed E-state index contributed by atoms with van der Waals surface area (Å²) in [6, 6.07) is 3.64. The summed E-state index contributed by atoms with van der Waals surface area (Å²) in [6.45, 7) is 0. The van der Waals surface area contributed by atoms with Crippen LogP contribution in [-0.4, -0.2) is 31.2 Å². The van der Waals surface area contributed by atoms with E-state index in [2.05, 4.69) is 4.98 Å². The fourth-order valence-electron chi connectivity index (χ4n) is 0.922. The molecule has 6 heteroatoms. The summed E-state index contributed by atoms with van der Waals surface area (Å²) in [5.41, 5.74) is 6.50. The Hall–Kier alpha value is -0.750. The zero-order valence-electron chi connectivity index (χ0n) is 8.51. The lowest BCUT2D eigenvalue weighted by Crippen LogP contribution is -2.05. The van der Waals surface area contributed by atoms with Gasteiger partial charge in [-0.15, -0.1) is 0 Å². The van der Waals surface area contributed by atoms with Crippen molar-refractivity contribution < 1.29 is 8.42 Å².